The Morgan fingerprint density at radius 1 is 1.17 bits per heavy atom. The highest BCUT2D eigenvalue weighted by Crippen LogP contribution is 2.32. The molecule has 1 aromatic carbocycles. The molecular weight excluding hydrogens is 308 g/mol. The summed E-state index contributed by atoms with van der Waals surface area (Å²) in [4.78, 5) is 6.94. The number of hydrogen-bond donors (Lipinski definition) is 0. The first-order valence-electron chi connectivity index (χ1n) is 7.47. The number of methoxy groups -OCH3 is 1. The van der Waals surface area contributed by atoms with Gasteiger partial charge in [0.05, 0.1) is 24.9 Å². The van der Waals surface area contributed by atoms with Gasteiger partial charge in [-0.2, -0.15) is 0 Å². The minimum absolute atomic E-state index is 0.773. The maximum Gasteiger partial charge on any atom is 0.129 e. The summed E-state index contributed by atoms with van der Waals surface area (Å²) < 4.78 is 11.0. The molecular formula is C18H20N2O2S. The van der Waals surface area contributed by atoms with Gasteiger partial charge in [-0.3, -0.25) is 4.90 Å². The fourth-order valence-electron chi connectivity index (χ4n) is 2.49. The van der Waals surface area contributed by atoms with Gasteiger partial charge in [0.25, 0.3) is 0 Å². The number of thiazole rings is 1. The average molecular weight is 328 g/mol. The van der Waals surface area contributed by atoms with E-state index in [1.165, 1.54) is 0 Å². The summed E-state index contributed by atoms with van der Waals surface area (Å²) in [6.07, 6.45) is 0. The third kappa shape index (κ3) is 3.81. The maximum absolute atomic E-state index is 5.62. The van der Waals surface area contributed by atoms with Crippen LogP contribution >= 0.6 is 11.3 Å². The summed E-state index contributed by atoms with van der Waals surface area (Å²) in [6, 6.07) is 12.0. The van der Waals surface area contributed by atoms with E-state index in [4.69, 9.17) is 14.1 Å². The van der Waals surface area contributed by atoms with Crippen molar-refractivity contribution in [1.29, 1.82) is 0 Å². The van der Waals surface area contributed by atoms with Crippen molar-refractivity contribution >= 4 is 11.3 Å². The number of nitrogens with zero attached hydrogens (tertiary/aromatic N) is 2. The van der Waals surface area contributed by atoms with E-state index in [1.54, 1.807) is 18.4 Å². The second-order valence-electron chi connectivity index (χ2n) is 5.53. The van der Waals surface area contributed by atoms with Crippen LogP contribution in [-0.2, 0) is 13.1 Å². The van der Waals surface area contributed by atoms with E-state index in [-0.39, 0.29) is 0 Å². The van der Waals surface area contributed by atoms with Crippen LogP contribution in [0.25, 0.3) is 10.6 Å². The molecule has 0 saturated carbocycles. The zero-order chi connectivity index (χ0) is 16.2. The molecule has 0 aliphatic heterocycles. The summed E-state index contributed by atoms with van der Waals surface area (Å²) in [5, 5.41) is 3.09. The number of aryl methyl sites for hydroxylation is 1. The second-order valence-corrected chi connectivity index (χ2v) is 6.39. The van der Waals surface area contributed by atoms with E-state index in [0.717, 1.165) is 46.6 Å². The SMILES string of the molecule is COc1ccccc1-c1nc(CN(C)Cc2ccc(C)o2)cs1. The molecule has 3 aromatic rings. The number of hydrogen-bond acceptors (Lipinski definition) is 5. The van der Waals surface area contributed by atoms with Gasteiger partial charge in [-0.15, -0.1) is 11.3 Å². The van der Waals surface area contributed by atoms with Gasteiger partial charge in [-0.1, -0.05) is 12.1 Å². The molecule has 0 spiro atoms. The zero-order valence-electron chi connectivity index (χ0n) is 13.6. The number of benzene rings is 1. The summed E-state index contributed by atoms with van der Waals surface area (Å²) in [7, 11) is 3.76. The van der Waals surface area contributed by atoms with Gasteiger partial charge in [-0.05, 0) is 38.2 Å². The molecule has 5 heteroatoms. The molecule has 0 amide bonds. The van der Waals surface area contributed by atoms with Crippen LogP contribution in [0.15, 0.2) is 46.2 Å². The summed E-state index contributed by atoms with van der Waals surface area (Å²) in [5.74, 6) is 2.78. The zero-order valence-corrected chi connectivity index (χ0v) is 14.4. The van der Waals surface area contributed by atoms with Crippen molar-refractivity contribution in [1.82, 2.24) is 9.88 Å². The van der Waals surface area contributed by atoms with Gasteiger partial charge in [0.15, 0.2) is 0 Å². The molecule has 23 heavy (non-hydrogen) atoms. The standard InChI is InChI=1S/C18H20N2O2S/c1-13-8-9-15(22-13)11-20(2)10-14-12-23-18(19-14)16-6-4-5-7-17(16)21-3/h4-9,12H,10-11H2,1-3H3. The predicted octanol–water partition coefficient (Wildman–Crippen LogP) is 4.35. The Balaban J connectivity index is 1.69. The molecule has 0 fully saturated rings. The molecule has 0 aliphatic carbocycles. The van der Waals surface area contributed by atoms with Crippen molar-refractivity contribution in [3.63, 3.8) is 0 Å². The number of rotatable bonds is 6. The topological polar surface area (TPSA) is 38.5 Å². The van der Waals surface area contributed by atoms with Gasteiger partial charge < -0.3 is 9.15 Å². The average Bonchev–Trinajstić information content (AvgIpc) is 3.16. The van der Waals surface area contributed by atoms with E-state index in [9.17, 15) is 0 Å². The Labute approximate surface area is 140 Å². The number of furan rings is 1. The van der Waals surface area contributed by atoms with Crippen molar-refractivity contribution < 1.29 is 9.15 Å². The van der Waals surface area contributed by atoms with Crippen LogP contribution in [0.5, 0.6) is 5.75 Å². The summed E-state index contributed by atoms with van der Waals surface area (Å²) >= 11 is 1.64. The lowest BCUT2D eigenvalue weighted by atomic mass is 10.2. The van der Waals surface area contributed by atoms with Gasteiger partial charge in [0, 0.05) is 11.9 Å². The quantitative estimate of drug-likeness (QED) is 0.674. The van der Waals surface area contributed by atoms with Gasteiger partial charge in [-0.25, -0.2) is 4.98 Å². The Morgan fingerprint density at radius 2 is 2.00 bits per heavy atom. The molecule has 0 saturated heterocycles. The van der Waals surface area contributed by atoms with Crippen molar-refractivity contribution in [3.8, 4) is 16.3 Å². The molecule has 0 unspecified atom stereocenters. The molecule has 0 bridgehead atoms. The first kappa shape index (κ1) is 15.8. The van der Waals surface area contributed by atoms with Crippen LogP contribution in [0.4, 0.5) is 0 Å². The fraction of sp³-hybridized carbons (Fsp3) is 0.278. The highest BCUT2D eigenvalue weighted by molar-refractivity contribution is 7.13. The number of ether oxygens (including phenoxy) is 1. The third-order valence-corrected chi connectivity index (χ3v) is 4.47. The Bertz CT molecular complexity index is 779. The third-order valence-electron chi connectivity index (χ3n) is 3.54. The van der Waals surface area contributed by atoms with E-state index in [0.29, 0.717) is 0 Å². The van der Waals surface area contributed by atoms with Crippen molar-refractivity contribution in [2.24, 2.45) is 0 Å². The molecule has 4 nitrogen and oxygen atoms in total. The molecule has 0 N–H and O–H groups in total. The first-order valence-corrected chi connectivity index (χ1v) is 8.35. The lowest BCUT2D eigenvalue weighted by Crippen LogP contribution is -2.17. The molecule has 2 aromatic heterocycles. The van der Waals surface area contributed by atoms with Crippen molar-refractivity contribution in [2.45, 2.75) is 20.0 Å². The minimum Gasteiger partial charge on any atom is -0.496 e. The lowest BCUT2D eigenvalue weighted by Gasteiger charge is -2.13. The molecule has 3 rings (SSSR count). The monoisotopic (exact) mass is 328 g/mol. The summed E-state index contributed by atoms with van der Waals surface area (Å²) in [5.41, 5.74) is 2.09. The first-order chi connectivity index (χ1) is 11.2. The van der Waals surface area contributed by atoms with Crippen LogP contribution in [0, 0.1) is 6.92 Å². The van der Waals surface area contributed by atoms with Crippen LogP contribution in [0.1, 0.15) is 17.2 Å². The van der Waals surface area contributed by atoms with Gasteiger partial charge in [0.2, 0.25) is 0 Å². The minimum atomic E-state index is 0.773. The van der Waals surface area contributed by atoms with E-state index in [2.05, 4.69) is 17.3 Å². The Hall–Kier alpha value is -2.11. The predicted molar refractivity (Wildman–Crippen MR) is 92.7 cm³/mol. The highest BCUT2D eigenvalue weighted by atomic mass is 32.1. The van der Waals surface area contributed by atoms with Crippen LogP contribution in [0.3, 0.4) is 0 Å². The molecule has 0 atom stereocenters. The van der Waals surface area contributed by atoms with Gasteiger partial charge in [0.1, 0.15) is 22.3 Å². The summed E-state index contributed by atoms with van der Waals surface area (Å²) in [6.45, 7) is 3.52. The largest absolute Gasteiger partial charge is 0.496 e. The molecule has 0 aliphatic rings. The smallest absolute Gasteiger partial charge is 0.129 e. The van der Waals surface area contributed by atoms with Crippen LogP contribution in [0.2, 0.25) is 0 Å². The van der Waals surface area contributed by atoms with E-state index < -0.39 is 0 Å². The van der Waals surface area contributed by atoms with E-state index in [1.807, 2.05) is 43.3 Å². The number of aromatic nitrogens is 1. The second kappa shape index (κ2) is 6.98. The molecule has 2 heterocycles. The highest BCUT2D eigenvalue weighted by Gasteiger charge is 2.11. The fourth-order valence-corrected chi connectivity index (χ4v) is 3.33. The molecule has 0 radical (unpaired) electrons. The van der Waals surface area contributed by atoms with Crippen LogP contribution in [-0.4, -0.2) is 24.0 Å². The van der Waals surface area contributed by atoms with E-state index >= 15 is 0 Å². The van der Waals surface area contributed by atoms with Crippen molar-refractivity contribution in [2.75, 3.05) is 14.2 Å². The Kier molecular flexibility index (Phi) is 4.79. The van der Waals surface area contributed by atoms with Crippen molar-refractivity contribution in [3.05, 3.63) is 59.0 Å². The maximum atomic E-state index is 5.62. The lowest BCUT2D eigenvalue weighted by molar-refractivity contribution is 0.283. The Morgan fingerprint density at radius 3 is 2.74 bits per heavy atom. The molecule has 120 valence electrons. The van der Waals surface area contributed by atoms with Gasteiger partial charge >= 0.3 is 0 Å². The van der Waals surface area contributed by atoms with Crippen LogP contribution < -0.4 is 4.74 Å². The number of para-hydroxylation sites is 1. The normalized spacial score (nSPS) is 11.1.